The largest absolute Gasteiger partial charge is 0.393 e. The summed E-state index contributed by atoms with van der Waals surface area (Å²) in [4.78, 5) is 0. The third-order valence-electron chi connectivity index (χ3n) is 8.10. The van der Waals surface area contributed by atoms with Crippen molar-refractivity contribution in [3.05, 3.63) is 0 Å². The lowest BCUT2D eigenvalue weighted by molar-refractivity contribution is -0.184. The zero-order valence-corrected chi connectivity index (χ0v) is 21.1. The van der Waals surface area contributed by atoms with Crippen LogP contribution in [0.1, 0.15) is 40.0 Å². The Kier molecular flexibility index (Phi) is 10.5. The van der Waals surface area contributed by atoms with Crippen molar-refractivity contribution in [3.8, 4) is 0 Å². The third kappa shape index (κ3) is 5.73. The number of aliphatic hydroxyl groups excluding tert-OH is 4. The van der Waals surface area contributed by atoms with Gasteiger partial charge in [0.05, 0.1) is 36.6 Å². The van der Waals surface area contributed by atoms with Gasteiger partial charge in [-0.05, 0) is 50.4 Å². The van der Waals surface area contributed by atoms with E-state index in [-0.39, 0.29) is 42.6 Å². The van der Waals surface area contributed by atoms with Crippen molar-refractivity contribution in [3.63, 3.8) is 0 Å². The van der Waals surface area contributed by atoms with Gasteiger partial charge in [-0.25, -0.2) is 0 Å². The number of hydrogen-bond donors (Lipinski definition) is 5. The molecule has 5 N–H and O–H groups in total. The molecule has 0 aromatic heterocycles. The average Bonchev–Trinajstić information content (AvgIpc) is 2.92. The highest BCUT2D eigenvalue weighted by Gasteiger charge is 2.64. The first-order chi connectivity index (χ1) is 15.5. The van der Waals surface area contributed by atoms with Crippen molar-refractivity contribution in [2.75, 3.05) is 35.0 Å². The van der Waals surface area contributed by atoms with Gasteiger partial charge in [-0.2, -0.15) is 0 Å². The van der Waals surface area contributed by atoms with Crippen LogP contribution in [-0.2, 0) is 18.9 Å². The summed E-state index contributed by atoms with van der Waals surface area (Å²) in [5.74, 6) is -1.43. The van der Waals surface area contributed by atoms with Gasteiger partial charge in [0, 0.05) is 47.4 Å². The molecule has 0 amide bonds. The normalized spacial score (nSPS) is 41.6. The topological polar surface area (TPSA) is 138 Å². The van der Waals surface area contributed by atoms with Crippen LogP contribution in [0.3, 0.4) is 0 Å². The lowest BCUT2D eigenvalue weighted by Crippen LogP contribution is -2.56. The molecule has 2 rings (SSSR count). The van der Waals surface area contributed by atoms with Crippen LogP contribution in [0.5, 0.6) is 0 Å². The lowest BCUT2D eigenvalue weighted by Gasteiger charge is -2.43. The van der Waals surface area contributed by atoms with Crippen LogP contribution in [0.2, 0.25) is 0 Å². The van der Waals surface area contributed by atoms with Gasteiger partial charge in [0.15, 0.2) is 0 Å². The second kappa shape index (κ2) is 12.1. The minimum atomic E-state index is -1.75. The molecule has 0 bridgehead atoms. The fourth-order valence-electron chi connectivity index (χ4n) is 6.92. The maximum absolute atomic E-state index is 11.6. The Balaban J connectivity index is 2.64. The van der Waals surface area contributed by atoms with Crippen LogP contribution in [0.25, 0.3) is 0 Å². The maximum atomic E-state index is 11.6. The molecule has 9 heteroatoms. The lowest BCUT2D eigenvalue weighted by atomic mass is 9.68. The van der Waals surface area contributed by atoms with Crippen molar-refractivity contribution in [2.45, 2.75) is 88.4 Å². The molecule has 0 aliphatic heterocycles. The molecule has 2 aliphatic rings. The summed E-state index contributed by atoms with van der Waals surface area (Å²) in [6.45, 7) is 5.72. The van der Waals surface area contributed by atoms with E-state index in [4.69, 9.17) is 18.9 Å². The molecule has 196 valence electrons. The molecule has 33 heavy (non-hydrogen) atoms. The summed E-state index contributed by atoms with van der Waals surface area (Å²) >= 11 is 0. The highest BCUT2D eigenvalue weighted by Crippen LogP contribution is 2.55. The Bertz CT molecular complexity index is 588. The van der Waals surface area contributed by atoms with Crippen LogP contribution < -0.4 is 0 Å². The third-order valence-corrected chi connectivity index (χ3v) is 8.10. The van der Waals surface area contributed by atoms with E-state index in [1.54, 1.807) is 28.3 Å². The van der Waals surface area contributed by atoms with Gasteiger partial charge in [-0.15, -0.1) is 0 Å². The molecule has 0 radical (unpaired) electrons. The van der Waals surface area contributed by atoms with Crippen LogP contribution in [0.4, 0.5) is 0 Å². The maximum Gasteiger partial charge on any atom is 0.120 e. The predicted octanol–water partition coefficient (Wildman–Crippen LogP) is 0.191. The number of hydrogen-bond acceptors (Lipinski definition) is 9. The molecule has 2 aliphatic carbocycles. The molecule has 0 saturated heterocycles. The zero-order chi connectivity index (χ0) is 25.1. The highest BCUT2D eigenvalue weighted by atomic mass is 16.5. The Hall–Kier alpha value is -0.360. The van der Waals surface area contributed by atoms with Crippen molar-refractivity contribution in [2.24, 2.45) is 29.6 Å². The van der Waals surface area contributed by atoms with Gasteiger partial charge >= 0.3 is 0 Å². The SMILES string of the molecule is COC[C@@H](C)[C@@H]1C([C@H](C[C@H](C)O)OC)[C@@H]2C[C@](O)([C@@H](OC)[C@@H](C)O)[C@H](O)[C@@H]2[C@@H](O)C[C@@H]1OC. The Morgan fingerprint density at radius 2 is 1.61 bits per heavy atom. The summed E-state index contributed by atoms with van der Waals surface area (Å²) < 4.78 is 22.7. The average molecular weight is 479 g/mol. The summed E-state index contributed by atoms with van der Waals surface area (Å²) in [6, 6.07) is 0. The molecule has 9 nitrogen and oxygen atoms in total. The van der Waals surface area contributed by atoms with E-state index < -0.39 is 48.1 Å². The van der Waals surface area contributed by atoms with Crippen LogP contribution in [0, 0.1) is 29.6 Å². The van der Waals surface area contributed by atoms with Crippen molar-refractivity contribution < 1.29 is 44.5 Å². The number of rotatable bonds is 11. The van der Waals surface area contributed by atoms with Gasteiger partial charge in [0.25, 0.3) is 0 Å². The second-order valence-electron chi connectivity index (χ2n) is 10.3. The first kappa shape index (κ1) is 28.9. The van der Waals surface area contributed by atoms with E-state index in [2.05, 4.69) is 6.92 Å². The van der Waals surface area contributed by atoms with Gasteiger partial charge in [0.1, 0.15) is 11.7 Å². The second-order valence-corrected chi connectivity index (χ2v) is 10.3. The molecule has 0 aromatic carbocycles. The minimum absolute atomic E-state index is 0.0170. The Morgan fingerprint density at radius 1 is 0.970 bits per heavy atom. The number of ether oxygens (including phenoxy) is 4. The van der Waals surface area contributed by atoms with E-state index >= 15 is 0 Å². The first-order valence-electron chi connectivity index (χ1n) is 12.0. The molecule has 13 atom stereocenters. The van der Waals surface area contributed by atoms with Crippen molar-refractivity contribution >= 4 is 0 Å². The van der Waals surface area contributed by atoms with Crippen molar-refractivity contribution in [1.82, 2.24) is 0 Å². The van der Waals surface area contributed by atoms with Crippen molar-refractivity contribution in [1.29, 1.82) is 0 Å². The van der Waals surface area contributed by atoms with E-state index in [0.29, 0.717) is 13.0 Å². The zero-order valence-electron chi connectivity index (χ0n) is 21.1. The molecule has 1 unspecified atom stereocenters. The van der Waals surface area contributed by atoms with E-state index in [0.717, 1.165) is 0 Å². The van der Waals surface area contributed by atoms with Gasteiger partial charge in [-0.1, -0.05) is 6.92 Å². The van der Waals surface area contributed by atoms with Gasteiger partial charge < -0.3 is 44.5 Å². The Labute approximate surface area is 198 Å². The van der Waals surface area contributed by atoms with Gasteiger partial charge in [-0.3, -0.25) is 0 Å². The molecule has 0 aromatic rings. The monoisotopic (exact) mass is 478 g/mol. The quantitative estimate of drug-likeness (QED) is 0.282. The molecule has 2 fully saturated rings. The summed E-state index contributed by atoms with van der Waals surface area (Å²) in [5, 5.41) is 54.8. The van der Waals surface area contributed by atoms with Crippen LogP contribution in [-0.4, -0.2) is 109 Å². The molecule has 0 heterocycles. The summed E-state index contributed by atoms with van der Waals surface area (Å²) in [7, 11) is 6.23. The first-order valence-corrected chi connectivity index (χ1v) is 12.0. The number of aliphatic hydroxyl groups is 5. The van der Waals surface area contributed by atoms with E-state index in [1.807, 2.05) is 0 Å². The smallest absolute Gasteiger partial charge is 0.120 e. The summed E-state index contributed by atoms with van der Waals surface area (Å²) in [5.41, 5.74) is -1.75. The predicted molar refractivity (Wildman–Crippen MR) is 122 cm³/mol. The van der Waals surface area contributed by atoms with Crippen LogP contribution in [0.15, 0.2) is 0 Å². The summed E-state index contributed by atoms with van der Waals surface area (Å²) in [6.07, 6.45) is -4.96. The minimum Gasteiger partial charge on any atom is -0.393 e. The van der Waals surface area contributed by atoms with Gasteiger partial charge in [0.2, 0.25) is 0 Å². The molecular weight excluding hydrogens is 432 g/mol. The fraction of sp³-hybridized carbons (Fsp3) is 1.00. The number of fused-ring (bicyclic) bond motifs is 1. The fourth-order valence-corrected chi connectivity index (χ4v) is 6.92. The molecular formula is C24H46O9. The highest BCUT2D eigenvalue weighted by molar-refractivity contribution is 5.13. The van der Waals surface area contributed by atoms with E-state index in [1.165, 1.54) is 14.0 Å². The standard InChI is InChI=1S/C24H46O9/c1-12(11-30-4)19-18(32-6)9-16(27)20-15(21(19)17(31-5)8-13(2)25)10-24(29,22(20)28)23(33-7)14(3)26/h12-23,25-29H,8-11H2,1-7H3/t12-,13+,14-,15-,16+,17+,18+,19+,20+,21?,22-,23+,24-/m1/s1. The molecule has 0 spiro atoms. The number of methoxy groups -OCH3 is 4. The van der Waals surface area contributed by atoms with Crippen LogP contribution >= 0.6 is 0 Å². The Morgan fingerprint density at radius 3 is 2.06 bits per heavy atom. The molecule has 2 saturated carbocycles. The van der Waals surface area contributed by atoms with E-state index in [9.17, 15) is 25.5 Å².